The highest BCUT2D eigenvalue weighted by molar-refractivity contribution is 5.35. The molecule has 94 valence electrons. The van der Waals surface area contributed by atoms with Gasteiger partial charge in [0.1, 0.15) is 6.23 Å². The average molecular weight is 243 g/mol. The van der Waals surface area contributed by atoms with Crippen molar-refractivity contribution in [3.05, 3.63) is 42.2 Å². The molecular formula is C14H17N3O. The molecule has 1 aliphatic rings. The minimum absolute atomic E-state index is 0.139. The third-order valence-corrected chi connectivity index (χ3v) is 3.12. The van der Waals surface area contributed by atoms with Crippen molar-refractivity contribution in [2.75, 3.05) is 6.54 Å². The quantitative estimate of drug-likeness (QED) is 0.898. The molecule has 1 aromatic heterocycles. The lowest BCUT2D eigenvalue weighted by Gasteiger charge is -2.10. The second-order valence-corrected chi connectivity index (χ2v) is 4.66. The van der Waals surface area contributed by atoms with E-state index in [0.29, 0.717) is 0 Å². The minimum atomic E-state index is 0.139. The fraction of sp³-hybridized carbons (Fsp3) is 0.357. The summed E-state index contributed by atoms with van der Waals surface area (Å²) in [6.07, 6.45) is 6.07. The molecule has 1 N–H and O–H groups in total. The molecule has 2 heterocycles. The fourth-order valence-electron chi connectivity index (χ4n) is 2.20. The molecule has 0 saturated carbocycles. The van der Waals surface area contributed by atoms with Gasteiger partial charge in [-0.1, -0.05) is 12.1 Å². The van der Waals surface area contributed by atoms with Gasteiger partial charge in [-0.2, -0.15) is 5.10 Å². The van der Waals surface area contributed by atoms with E-state index in [9.17, 15) is 0 Å². The molecule has 4 heteroatoms. The first-order chi connectivity index (χ1) is 8.81. The van der Waals surface area contributed by atoms with Crippen LogP contribution >= 0.6 is 0 Å². The van der Waals surface area contributed by atoms with Crippen molar-refractivity contribution in [3.63, 3.8) is 0 Å². The Labute approximate surface area is 107 Å². The van der Waals surface area contributed by atoms with E-state index in [2.05, 4.69) is 29.5 Å². The fourth-order valence-corrected chi connectivity index (χ4v) is 2.20. The summed E-state index contributed by atoms with van der Waals surface area (Å²) in [7, 11) is 0. The summed E-state index contributed by atoms with van der Waals surface area (Å²) in [5.41, 5.74) is 2.28. The van der Waals surface area contributed by atoms with Crippen molar-refractivity contribution in [2.24, 2.45) is 0 Å². The molecule has 1 aromatic carbocycles. The number of rotatable bonds is 3. The standard InChI is InChI=1S/C14H17N3O/c1-11-4-2-5-12(8-11)17-10-13(9-16-17)18-14-6-3-7-15-14/h2,4-5,8-10,14-15H,3,6-7H2,1H3. The van der Waals surface area contributed by atoms with Crippen LogP contribution in [0, 0.1) is 6.92 Å². The highest BCUT2D eigenvalue weighted by Crippen LogP contribution is 2.17. The molecule has 0 radical (unpaired) electrons. The Bertz CT molecular complexity index is 529. The molecule has 1 saturated heterocycles. The van der Waals surface area contributed by atoms with E-state index in [1.54, 1.807) is 6.20 Å². The van der Waals surface area contributed by atoms with Gasteiger partial charge in [0.2, 0.25) is 0 Å². The monoisotopic (exact) mass is 243 g/mol. The van der Waals surface area contributed by atoms with Crippen molar-refractivity contribution in [1.82, 2.24) is 15.1 Å². The molecular weight excluding hydrogens is 226 g/mol. The molecule has 0 amide bonds. The first-order valence-corrected chi connectivity index (χ1v) is 6.33. The molecule has 1 aliphatic heterocycles. The van der Waals surface area contributed by atoms with Gasteiger partial charge in [0, 0.05) is 0 Å². The van der Waals surface area contributed by atoms with Gasteiger partial charge < -0.3 is 4.74 Å². The highest BCUT2D eigenvalue weighted by Gasteiger charge is 2.16. The van der Waals surface area contributed by atoms with Crippen molar-refractivity contribution < 1.29 is 4.74 Å². The van der Waals surface area contributed by atoms with Gasteiger partial charge in [-0.15, -0.1) is 0 Å². The van der Waals surface area contributed by atoms with Gasteiger partial charge in [-0.25, -0.2) is 4.68 Å². The number of benzene rings is 1. The Morgan fingerprint density at radius 2 is 2.39 bits per heavy atom. The zero-order chi connectivity index (χ0) is 12.4. The Morgan fingerprint density at radius 3 is 3.17 bits per heavy atom. The molecule has 1 unspecified atom stereocenters. The Hall–Kier alpha value is -1.81. The van der Waals surface area contributed by atoms with Crippen LogP contribution in [-0.4, -0.2) is 22.6 Å². The van der Waals surface area contributed by atoms with E-state index in [1.807, 2.05) is 23.0 Å². The number of ether oxygens (including phenoxy) is 1. The second-order valence-electron chi connectivity index (χ2n) is 4.66. The second kappa shape index (κ2) is 4.82. The van der Waals surface area contributed by atoms with Crippen LogP contribution in [0.15, 0.2) is 36.7 Å². The Morgan fingerprint density at radius 1 is 1.44 bits per heavy atom. The summed E-state index contributed by atoms with van der Waals surface area (Å²) in [6, 6.07) is 8.25. The summed E-state index contributed by atoms with van der Waals surface area (Å²) in [6.45, 7) is 3.11. The van der Waals surface area contributed by atoms with Crippen LogP contribution in [0.1, 0.15) is 18.4 Å². The molecule has 0 aliphatic carbocycles. The van der Waals surface area contributed by atoms with Gasteiger partial charge in [0.25, 0.3) is 0 Å². The summed E-state index contributed by atoms with van der Waals surface area (Å²) in [4.78, 5) is 0. The van der Waals surface area contributed by atoms with Crippen LogP contribution in [0.2, 0.25) is 0 Å². The van der Waals surface area contributed by atoms with Crippen molar-refractivity contribution in [1.29, 1.82) is 0 Å². The zero-order valence-electron chi connectivity index (χ0n) is 10.5. The average Bonchev–Trinajstić information content (AvgIpc) is 3.01. The van der Waals surface area contributed by atoms with E-state index in [1.165, 1.54) is 12.0 Å². The molecule has 4 nitrogen and oxygen atoms in total. The van der Waals surface area contributed by atoms with E-state index in [-0.39, 0.29) is 6.23 Å². The number of aryl methyl sites for hydroxylation is 1. The van der Waals surface area contributed by atoms with Crippen molar-refractivity contribution >= 4 is 0 Å². The maximum absolute atomic E-state index is 5.81. The SMILES string of the molecule is Cc1cccc(-n2cc(OC3CCCN3)cn2)c1. The Balaban J connectivity index is 1.76. The van der Waals surface area contributed by atoms with E-state index in [4.69, 9.17) is 4.74 Å². The number of hydrogen-bond acceptors (Lipinski definition) is 3. The lowest BCUT2D eigenvalue weighted by Crippen LogP contribution is -2.27. The maximum atomic E-state index is 5.81. The molecule has 0 bridgehead atoms. The topological polar surface area (TPSA) is 39.1 Å². The van der Waals surface area contributed by atoms with E-state index in [0.717, 1.165) is 24.4 Å². The zero-order valence-corrected chi connectivity index (χ0v) is 10.5. The molecule has 0 spiro atoms. The predicted molar refractivity (Wildman–Crippen MR) is 70.0 cm³/mol. The molecule has 3 rings (SSSR count). The predicted octanol–water partition coefficient (Wildman–Crippen LogP) is 2.27. The van der Waals surface area contributed by atoms with Crippen LogP contribution in [0.25, 0.3) is 5.69 Å². The minimum Gasteiger partial charge on any atom is -0.472 e. The Kier molecular flexibility index (Phi) is 3.02. The molecule has 1 fully saturated rings. The van der Waals surface area contributed by atoms with Gasteiger partial charge in [-0.3, -0.25) is 5.32 Å². The normalized spacial score (nSPS) is 19.1. The highest BCUT2D eigenvalue weighted by atomic mass is 16.5. The first-order valence-electron chi connectivity index (χ1n) is 6.33. The van der Waals surface area contributed by atoms with E-state index < -0.39 is 0 Å². The largest absolute Gasteiger partial charge is 0.472 e. The van der Waals surface area contributed by atoms with Crippen LogP contribution in [-0.2, 0) is 0 Å². The molecule has 1 atom stereocenters. The third-order valence-electron chi connectivity index (χ3n) is 3.12. The van der Waals surface area contributed by atoms with Gasteiger partial charge >= 0.3 is 0 Å². The summed E-state index contributed by atoms with van der Waals surface area (Å²) < 4.78 is 7.66. The van der Waals surface area contributed by atoms with Gasteiger partial charge in [0.05, 0.1) is 18.1 Å². The molecule has 18 heavy (non-hydrogen) atoms. The van der Waals surface area contributed by atoms with Crippen molar-refractivity contribution in [3.8, 4) is 11.4 Å². The van der Waals surface area contributed by atoms with Crippen LogP contribution < -0.4 is 10.1 Å². The van der Waals surface area contributed by atoms with Gasteiger partial charge in [0.15, 0.2) is 5.75 Å². The molecule has 2 aromatic rings. The lowest BCUT2D eigenvalue weighted by atomic mass is 10.2. The smallest absolute Gasteiger partial charge is 0.160 e. The van der Waals surface area contributed by atoms with Crippen molar-refractivity contribution in [2.45, 2.75) is 26.0 Å². The first kappa shape index (κ1) is 11.3. The number of aromatic nitrogens is 2. The van der Waals surface area contributed by atoms with Crippen LogP contribution in [0.3, 0.4) is 0 Å². The summed E-state index contributed by atoms with van der Waals surface area (Å²) in [5.74, 6) is 0.816. The summed E-state index contributed by atoms with van der Waals surface area (Å²) in [5, 5.41) is 7.64. The number of nitrogens with zero attached hydrogens (tertiary/aromatic N) is 2. The van der Waals surface area contributed by atoms with Crippen LogP contribution in [0.4, 0.5) is 0 Å². The number of nitrogens with one attached hydrogen (secondary N) is 1. The summed E-state index contributed by atoms with van der Waals surface area (Å²) >= 11 is 0. The van der Waals surface area contributed by atoms with Gasteiger partial charge in [-0.05, 0) is 44.0 Å². The number of hydrogen-bond donors (Lipinski definition) is 1. The lowest BCUT2D eigenvalue weighted by molar-refractivity contribution is 0.187. The van der Waals surface area contributed by atoms with Crippen LogP contribution in [0.5, 0.6) is 5.75 Å². The third kappa shape index (κ3) is 2.38. The van der Waals surface area contributed by atoms with E-state index >= 15 is 0 Å². The maximum Gasteiger partial charge on any atom is 0.160 e.